The molecule has 1 N–H and O–H groups in total. The number of rotatable bonds is 13. The zero-order chi connectivity index (χ0) is 42.7. The van der Waals surface area contributed by atoms with Gasteiger partial charge in [-0.15, -0.1) is 0 Å². The summed E-state index contributed by atoms with van der Waals surface area (Å²) in [6.45, 7) is 9.16. The summed E-state index contributed by atoms with van der Waals surface area (Å²) >= 11 is 7.17. The number of pyridine rings is 1. The van der Waals surface area contributed by atoms with Crippen LogP contribution in [0.5, 0.6) is 17.2 Å². The van der Waals surface area contributed by atoms with Crippen molar-refractivity contribution >= 4 is 46.4 Å². The van der Waals surface area contributed by atoms with Crippen LogP contribution in [0.2, 0.25) is 5.02 Å². The Balaban J connectivity index is 0.981. The Morgan fingerprint density at radius 1 is 1.00 bits per heavy atom. The van der Waals surface area contributed by atoms with Crippen LogP contribution in [-0.2, 0) is 4.74 Å². The molecule has 15 heteroatoms. The molecule has 1 radical (unpaired) electrons. The van der Waals surface area contributed by atoms with Crippen molar-refractivity contribution in [3.05, 3.63) is 124 Å². The van der Waals surface area contributed by atoms with Crippen molar-refractivity contribution in [2.75, 3.05) is 57.4 Å². The molecule has 0 bridgehead atoms. The molecule has 4 aliphatic heterocycles. The number of carbonyl (C=O) groups excluding carboxylic acids is 1. The van der Waals surface area contributed by atoms with Crippen LogP contribution in [0.4, 0.5) is 15.8 Å². The molecule has 0 spiro atoms. The van der Waals surface area contributed by atoms with Crippen LogP contribution < -0.4 is 19.1 Å². The van der Waals surface area contributed by atoms with E-state index in [2.05, 4.69) is 52.5 Å². The van der Waals surface area contributed by atoms with E-state index in [0.717, 1.165) is 80.2 Å². The predicted octanol–water partition coefficient (Wildman–Crippen LogP) is 10.1. The number of nitrogens with zero attached hydrogens (tertiary/aromatic N) is 5. The zero-order valence-electron chi connectivity index (χ0n) is 34.3. The van der Waals surface area contributed by atoms with Crippen LogP contribution in [0, 0.1) is 22.6 Å². The molecule has 319 valence electrons. The van der Waals surface area contributed by atoms with E-state index in [1.807, 2.05) is 36.4 Å². The molecular weight excluding hydrogens is 819 g/mol. The van der Waals surface area contributed by atoms with E-state index in [-0.39, 0.29) is 55.1 Å². The molecule has 1 aliphatic carbocycles. The second kappa shape index (κ2) is 18.1. The first-order valence-electron chi connectivity index (χ1n) is 20.5. The molecule has 12 nitrogen and oxygen atoms in total. The number of carbonyl (C=O) groups is 1. The van der Waals surface area contributed by atoms with Crippen molar-refractivity contribution < 1.29 is 28.3 Å². The lowest BCUT2D eigenvalue weighted by molar-refractivity contribution is -0.386. The molecule has 2 saturated heterocycles. The van der Waals surface area contributed by atoms with Crippen LogP contribution in [-0.4, -0.2) is 83.5 Å². The topological polar surface area (TPSA) is 124 Å². The number of ether oxygens (including phenoxy) is 3. The Hall–Kier alpha value is -5.15. The van der Waals surface area contributed by atoms with Crippen LogP contribution in [0.25, 0.3) is 17.0 Å². The number of nitro groups is 1. The lowest BCUT2D eigenvalue weighted by Crippen LogP contribution is -2.47. The number of benzene rings is 3. The van der Waals surface area contributed by atoms with Gasteiger partial charge < -0.3 is 23.7 Å². The van der Waals surface area contributed by atoms with Gasteiger partial charge in [0.15, 0.2) is 5.75 Å². The van der Waals surface area contributed by atoms with E-state index < -0.39 is 16.5 Å². The fourth-order valence-corrected chi connectivity index (χ4v) is 8.98. The first kappa shape index (κ1) is 42.5. The Morgan fingerprint density at radius 2 is 1.77 bits per heavy atom. The molecule has 8 rings (SSSR count). The standard InChI is InChI=1S/C46H49ClFN6O6S/c1-45(2)14-12-33(39(27-45)31-4-6-34(47)7-5-31)28-52-18-20-53(21-19-52)35-8-10-38(42(25-35)60-36-24-32-13-17-49-43(32)51(3)29-36)44(55)50-61-37-9-11-41(40(26-37)54(56)57)59-30-46(48)15-22-58-23-16-46/h4-11,13,17,24-26,29H,3,12,14-16,18-23,27-28,30H2,1-2H3,(H,50,55). The summed E-state index contributed by atoms with van der Waals surface area (Å²) in [5.41, 5.74) is 4.50. The average molecular weight is 868 g/mol. The normalized spacial score (nSPS) is 18.0. The second-order valence-electron chi connectivity index (χ2n) is 16.8. The Bertz CT molecular complexity index is 2390. The zero-order valence-corrected chi connectivity index (χ0v) is 35.9. The van der Waals surface area contributed by atoms with Gasteiger partial charge in [0.25, 0.3) is 5.91 Å². The number of fused-ring (bicyclic) bond motifs is 1. The predicted molar refractivity (Wildman–Crippen MR) is 237 cm³/mol. The molecule has 4 heterocycles. The first-order chi connectivity index (χ1) is 29.3. The molecule has 1 amide bonds. The third-order valence-corrected chi connectivity index (χ3v) is 12.8. The Kier molecular flexibility index (Phi) is 12.6. The number of allylic oxidation sites excluding steroid dienone is 1. The number of hydrogen-bond donors (Lipinski definition) is 1. The van der Waals surface area contributed by atoms with E-state index in [4.69, 9.17) is 25.8 Å². The van der Waals surface area contributed by atoms with Crippen molar-refractivity contribution in [1.82, 2.24) is 19.2 Å². The summed E-state index contributed by atoms with van der Waals surface area (Å²) < 4.78 is 36.9. The minimum absolute atomic E-state index is 0.0475. The van der Waals surface area contributed by atoms with Crippen LogP contribution >= 0.6 is 23.5 Å². The molecule has 61 heavy (non-hydrogen) atoms. The van der Waals surface area contributed by atoms with Gasteiger partial charge in [0.05, 0.1) is 10.5 Å². The molecule has 0 atom stereocenters. The van der Waals surface area contributed by atoms with E-state index >= 15 is 4.39 Å². The van der Waals surface area contributed by atoms with Gasteiger partial charge in [-0.2, -0.15) is 0 Å². The van der Waals surface area contributed by atoms with Crippen molar-refractivity contribution in [1.29, 1.82) is 0 Å². The summed E-state index contributed by atoms with van der Waals surface area (Å²) in [6, 6.07) is 21.8. The number of nitro benzene ring substituents is 1. The van der Waals surface area contributed by atoms with Gasteiger partial charge in [0.1, 0.15) is 29.6 Å². The highest BCUT2D eigenvalue weighted by Crippen LogP contribution is 2.44. The fraction of sp³-hybridized carbons (Fsp3) is 0.370. The van der Waals surface area contributed by atoms with Crippen LogP contribution in [0.1, 0.15) is 61.9 Å². The van der Waals surface area contributed by atoms with E-state index in [1.165, 1.54) is 28.8 Å². The molecule has 0 saturated carbocycles. The Morgan fingerprint density at radius 3 is 2.52 bits per heavy atom. The number of aromatic nitrogens is 2. The molecular formula is C46H49ClFN6O6S. The number of halogens is 2. The van der Waals surface area contributed by atoms with Crippen molar-refractivity contribution in [2.24, 2.45) is 5.41 Å². The van der Waals surface area contributed by atoms with Gasteiger partial charge >= 0.3 is 5.69 Å². The highest BCUT2D eigenvalue weighted by atomic mass is 35.5. The maximum Gasteiger partial charge on any atom is 0.312 e. The maximum absolute atomic E-state index is 15.1. The minimum atomic E-state index is -1.62. The average Bonchev–Trinajstić information content (AvgIpc) is 3.73. The minimum Gasteiger partial charge on any atom is -0.483 e. The number of anilines is 1. The summed E-state index contributed by atoms with van der Waals surface area (Å²) in [5, 5.41) is 12.8. The number of hydrogen-bond acceptors (Lipinski definition) is 10. The summed E-state index contributed by atoms with van der Waals surface area (Å²) in [7, 11) is 4.07. The van der Waals surface area contributed by atoms with Crippen molar-refractivity contribution in [2.45, 2.75) is 56.5 Å². The number of piperazine rings is 1. The third kappa shape index (κ3) is 10.2. The lowest BCUT2D eigenvalue weighted by Gasteiger charge is -2.39. The van der Waals surface area contributed by atoms with Crippen LogP contribution in [0.15, 0.2) is 95.7 Å². The van der Waals surface area contributed by atoms with Crippen LogP contribution in [0.3, 0.4) is 0 Å². The van der Waals surface area contributed by atoms with Gasteiger partial charge in [0, 0.05) is 112 Å². The molecule has 5 aliphatic rings. The van der Waals surface area contributed by atoms with Crippen molar-refractivity contribution in [3.63, 3.8) is 0 Å². The summed E-state index contributed by atoms with van der Waals surface area (Å²) in [4.78, 5) is 34.9. The largest absolute Gasteiger partial charge is 0.483 e. The highest BCUT2D eigenvalue weighted by Gasteiger charge is 2.34. The summed E-state index contributed by atoms with van der Waals surface area (Å²) in [5.74, 6) is 0.995. The van der Waals surface area contributed by atoms with Gasteiger partial charge in [-0.1, -0.05) is 43.2 Å². The molecule has 2 fully saturated rings. The van der Waals surface area contributed by atoms with Gasteiger partial charge in [0.2, 0.25) is 0 Å². The quantitative estimate of drug-likeness (QED) is 0.0695. The molecule has 0 unspecified atom stereocenters. The van der Waals surface area contributed by atoms with E-state index in [0.29, 0.717) is 22.2 Å². The van der Waals surface area contributed by atoms with Gasteiger partial charge in [-0.25, -0.2) is 9.37 Å². The van der Waals surface area contributed by atoms with E-state index in [1.54, 1.807) is 29.1 Å². The number of nitrogens with one attached hydrogen (secondary N) is 1. The fourth-order valence-electron chi connectivity index (χ4n) is 8.23. The highest BCUT2D eigenvalue weighted by molar-refractivity contribution is 7.98. The smallest absolute Gasteiger partial charge is 0.312 e. The SMILES string of the molecule is [CH2]n1cc(Oc2cc(N3CCN(CC4=C(c5ccc(Cl)cc5)CC(C)(C)CC4)CC3)ccc2C(=O)NSc2ccc(OCC3(F)CCOCC3)c([N+](=O)[O-])c2)cc2ccnc1-2. The van der Waals surface area contributed by atoms with E-state index in [9.17, 15) is 14.9 Å². The molecule has 0 aromatic heterocycles. The first-order valence-corrected chi connectivity index (χ1v) is 21.7. The Labute approximate surface area is 364 Å². The molecule has 3 aromatic carbocycles. The van der Waals surface area contributed by atoms with Gasteiger partial charge in [-0.05, 0) is 96.3 Å². The third-order valence-electron chi connectivity index (χ3n) is 11.8. The number of alkyl halides is 1. The maximum atomic E-state index is 15.1. The summed E-state index contributed by atoms with van der Waals surface area (Å²) in [6.07, 6.45) is 6.99. The number of amides is 1. The second-order valence-corrected chi connectivity index (χ2v) is 18.1. The van der Waals surface area contributed by atoms with Gasteiger partial charge in [-0.3, -0.25) is 24.5 Å². The lowest BCUT2D eigenvalue weighted by atomic mass is 9.72. The van der Waals surface area contributed by atoms with Crippen molar-refractivity contribution in [3.8, 4) is 28.6 Å². The monoisotopic (exact) mass is 867 g/mol. The molecule has 3 aromatic rings.